The largest absolute Gasteiger partial charge is 0.368 e. The minimum Gasteiger partial charge on any atom is -0.368 e. The van der Waals surface area contributed by atoms with Gasteiger partial charge in [-0.25, -0.2) is 0 Å². The highest BCUT2D eigenvalue weighted by Gasteiger charge is 2.51. The van der Waals surface area contributed by atoms with Gasteiger partial charge in [0.05, 0.1) is 26.4 Å². The molecule has 2 fully saturated rings. The second-order valence-electron chi connectivity index (χ2n) is 9.54. The molecule has 0 spiro atoms. The van der Waals surface area contributed by atoms with Crippen LogP contribution in [0.5, 0.6) is 0 Å². The predicted molar refractivity (Wildman–Crippen MR) is 144 cm³/mol. The summed E-state index contributed by atoms with van der Waals surface area (Å²) in [4.78, 5) is 0. The summed E-state index contributed by atoms with van der Waals surface area (Å²) in [5.74, 6) is 0. The van der Waals surface area contributed by atoms with E-state index in [4.69, 9.17) is 28.4 Å². The lowest BCUT2D eigenvalue weighted by molar-refractivity contribution is -0.372. The molecule has 2 saturated heterocycles. The van der Waals surface area contributed by atoms with Crippen molar-refractivity contribution >= 4 is 0 Å². The minimum absolute atomic E-state index is 0.350. The maximum Gasteiger partial charge on any atom is 0.186 e. The van der Waals surface area contributed by atoms with E-state index in [1.807, 2.05) is 84.9 Å². The van der Waals surface area contributed by atoms with E-state index in [9.17, 15) is 0 Å². The van der Waals surface area contributed by atoms with Crippen LogP contribution in [0.4, 0.5) is 0 Å². The van der Waals surface area contributed by atoms with Gasteiger partial charge >= 0.3 is 0 Å². The van der Waals surface area contributed by atoms with Crippen molar-refractivity contribution in [2.45, 2.75) is 63.1 Å². The van der Waals surface area contributed by atoms with E-state index in [0.717, 1.165) is 29.5 Å². The van der Waals surface area contributed by atoms with E-state index in [1.54, 1.807) is 0 Å². The van der Waals surface area contributed by atoms with Gasteiger partial charge in [-0.15, -0.1) is 6.58 Å². The molecule has 0 amide bonds. The number of fused-ring (bicyclic) bond motifs is 1. The Morgan fingerprint density at radius 1 is 0.737 bits per heavy atom. The van der Waals surface area contributed by atoms with Crippen molar-refractivity contribution in [1.82, 2.24) is 0 Å². The topological polar surface area (TPSA) is 55.4 Å². The second kappa shape index (κ2) is 13.8. The molecule has 0 N–H and O–H groups in total. The SMILES string of the molecule is C=CCCCO[C@H]1O[C@@H]2CO[C@@H](c3ccccc3)O[C@H]2[C@H](OCc2ccccc2)[C@H]1OCc1ccccc1. The summed E-state index contributed by atoms with van der Waals surface area (Å²) in [6, 6.07) is 30.2. The third-order valence-electron chi connectivity index (χ3n) is 6.76. The molecular weight excluding hydrogens is 480 g/mol. The Labute approximate surface area is 225 Å². The highest BCUT2D eigenvalue weighted by atomic mass is 16.8. The number of hydrogen-bond donors (Lipinski definition) is 0. The monoisotopic (exact) mass is 516 g/mol. The molecule has 0 aromatic heterocycles. The Morgan fingerprint density at radius 2 is 1.34 bits per heavy atom. The van der Waals surface area contributed by atoms with Gasteiger partial charge in [-0.3, -0.25) is 0 Å². The quantitative estimate of drug-likeness (QED) is 0.218. The average molecular weight is 517 g/mol. The standard InChI is InChI=1S/C32H36O6/c1-2-3-13-20-33-32-30(35-22-25-16-9-5-10-17-25)29(34-21-24-14-7-4-8-15-24)28-27(37-32)23-36-31(38-28)26-18-11-6-12-19-26/h2,4-12,14-19,27-32H,1,3,13,20-23H2/t27-,28-,29+,30-,31-,32+/m1/s1. The van der Waals surface area contributed by atoms with E-state index in [-0.39, 0.29) is 6.10 Å². The highest BCUT2D eigenvalue weighted by molar-refractivity contribution is 5.17. The number of rotatable bonds is 12. The lowest BCUT2D eigenvalue weighted by Gasteiger charge is -2.49. The van der Waals surface area contributed by atoms with Gasteiger partial charge in [-0.1, -0.05) is 97.1 Å². The summed E-state index contributed by atoms with van der Waals surface area (Å²) in [6.45, 7) is 5.53. The van der Waals surface area contributed by atoms with Crippen molar-refractivity contribution in [2.75, 3.05) is 13.2 Å². The van der Waals surface area contributed by atoms with Crippen molar-refractivity contribution in [1.29, 1.82) is 0 Å². The zero-order valence-corrected chi connectivity index (χ0v) is 21.6. The molecule has 2 aliphatic heterocycles. The van der Waals surface area contributed by atoms with Gasteiger partial charge in [0.2, 0.25) is 0 Å². The molecule has 6 atom stereocenters. The molecule has 0 radical (unpaired) electrons. The van der Waals surface area contributed by atoms with E-state index in [1.165, 1.54) is 0 Å². The number of hydrogen-bond acceptors (Lipinski definition) is 6. The van der Waals surface area contributed by atoms with Crippen LogP contribution in [0, 0.1) is 0 Å². The fraction of sp³-hybridized carbons (Fsp3) is 0.375. The minimum atomic E-state index is -0.619. The third-order valence-corrected chi connectivity index (χ3v) is 6.76. The lowest BCUT2D eigenvalue weighted by Crippen LogP contribution is -2.63. The van der Waals surface area contributed by atoms with Crippen LogP contribution < -0.4 is 0 Å². The van der Waals surface area contributed by atoms with Gasteiger partial charge in [0.25, 0.3) is 0 Å². The molecule has 6 heteroatoms. The summed E-state index contributed by atoms with van der Waals surface area (Å²) in [6.07, 6.45) is 0.797. The molecule has 38 heavy (non-hydrogen) atoms. The first-order valence-electron chi connectivity index (χ1n) is 13.3. The molecule has 0 unspecified atom stereocenters. The molecule has 3 aromatic rings. The maximum absolute atomic E-state index is 6.60. The number of ether oxygens (including phenoxy) is 6. The van der Waals surface area contributed by atoms with Gasteiger partial charge in [-0.05, 0) is 24.0 Å². The summed E-state index contributed by atoms with van der Waals surface area (Å²) in [7, 11) is 0. The molecule has 3 aromatic carbocycles. The van der Waals surface area contributed by atoms with Gasteiger partial charge in [-0.2, -0.15) is 0 Å². The Morgan fingerprint density at radius 3 is 1.97 bits per heavy atom. The fourth-order valence-corrected chi connectivity index (χ4v) is 4.79. The Balaban J connectivity index is 1.39. The molecule has 0 saturated carbocycles. The zero-order chi connectivity index (χ0) is 26.0. The summed E-state index contributed by atoms with van der Waals surface area (Å²) in [5, 5.41) is 0. The Bertz CT molecular complexity index is 1090. The molecule has 2 heterocycles. The van der Waals surface area contributed by atoms with Crippen molar-refractivity contribution in [3.8, 4) is 0 Å². The molecule has 6 nitrogen and oxygen atoms in total. The van der Waals surface area contributed by atoms with Crippen LogP contribution in [0.15, 0.2) is 104 Å². The molecule has 5 rings (SSSR count). The van der Waals surface area contributed by atoms with Gasteiger partial charge < -0.3 is 28.4 Å². The first kappa shape index (κ1) is 26.8. The number of unbranched alkanes of at least 4 members (excludes halogenated alkanes) is 1. The van der Waals surface area contributed by atoms with Crippen LogP contribution in [0.3, 0.4) is 0 Å². The van der Waals surface area contributed by atoms with E-state index < -0.39 is 30.9 Å². The van der Waals surface area contributed by atoms with E-state index in [2.05, 4.69) is 18.7 Å². The molecular formula is C32H36O6. The first-order valence-corrected chi connectivity index (χ1v) is 13.3. The van der Waals surface area contributed by atoms with Crippen molar-refractivity contribution in [2.24, 2.45) is 0 Å². The van der Waals surface area contributed by atoms with E-state index >= 15 is 0 Å². The molecule has 2 aliphatic rings. The molecule has 0 aliphatic carbocycles. The van der Waals surface area contributed by atoms with Crippen molar-refractivity contribution < 1.29 is 28.4 Å². The lowest BCUT2D eigenvalue weighted by atomic mass is 9.97. The summed E-state index contributed by atoms with van der Waals surface area (Å²) < 4.78 is 38.4. The third kappa shape index (κ3) is 6.97. The smallest absolute Gasteiger partial charge is 0.186 e. The predicted octanol–water partition coefficient (Wildman–Crippen LogP) is 5.98. The van der Waals surface area contributed by atoms with E-state index in [0.29, 0.717) is 26.4 Å². The Kier molecular flexibility index (Phi) is 9.72. The van der Waals surface area contributed by atoms with Crippen LogP contribution in [0.25, 0.3) is 0 Å². The summed E-state index contributed by atoms with van der Waals surface area (Å²) in [5.41, 5.74) is 3.10. The second-order valence-corrected chi connectivity index (χ2v) is 9.54. The van der Waals surface area contributed by atoms with Gasteiger partial charge in [0.1, 0.15) is 24.4 Å². The molecule has 200 valence electrons. The van der Waals surface area contributed by atoms with Gasteiger partial charge in [0, 0.05) is 5.56 Å². The molecule has 0 bridgehead atoms. The Hall–Kier alpha value is -2.84. The number of allylic oxidation sites excluding steroid dienone is 1. The maximum atomic E-state index is 6.60. The highest BCUT2D eigenvalue weighted by Crippen LogP contribution is 2.37. The zero-order valence-electron chi connectivity index (χ0n) is 21.6. The van der Waals surface area contributed by atoms with Crippen LogP contribution >= 0.6 is 0 Å². The van der Waals surface area contributed by atoms with Crippen molar-refractivity contribution in [3.05, 3.63) is 120 Å². The van der Waals surface area contributed by atoms with Crippen LogP contribution in [0.1, 0.15) is 35.8 Å². The van der Waals surface area contributed by atoms with Crippen LogP contribution in [0.2, 0.25) is 0 Å². The average Bonchev–Trinajstić information content (AvgIpc) is 2.98. The van der Waals surface area contributed by atoms with Crippen LogP contribution in [-0.4, -0.2) is 43.9 Å². The summed E-state index contributed by atoms with van der Waals surface area (Å²) >= 11 is 0. The normalized spacial score (nSPS) is 26.9. The van der Waals surface area contributed by atoms with Gasteiger partial charge in [0.15, 0.2) is 12.6 Å². The fourth-order valence-electron chi connectivity index (χ4n) is 4.79. The number of benzene rings is 3. The first-order chi connectivity index (χ1) is 18.8. The van der Waals surface area contributed by atoms with Crippen LogP contribution in [-0.2, 0) is 41.6 Å². The van der Waals surface area contributed by atoms with Crippen molar-refractivity contribution in [3.63, 3.8) is 0 Å².